The lowest BCUT2D eigenvalue weighted by molar-refractivity contribution is 0.611. The van der Waals surface area contributed by atoms with Crippen LogP contribution in [0, 0.1) is 6.92 Å². The quantitative estimate of drug-likeness (QED) is 0.725. The van der Waals surface area contributed by atoms with Gasteiger partial charge in [0.25, 0.3) is 0 Å². The summed E-state index contributed by atoms with van der Waals surface area (Å²) < 4.78 is 5.51. The van der Waals surface area contributed by atoms with Gasteiger partial charge in [0, 0.05) is 17.5 Å². The molecular weight excluding hydrogens is 258 g/mol. The monoisotopic (exact) mass is 271 g/mol. The molecule has 0 amide bonds. The first-order valence-corrected chi connectivity index (χ1v) is 6.57. The van der Waals surface area contributed by atoms with E-state index < -0.39 is 0 Å². The Morgan fingerprint density at radius 2 is 2.00 bits per heavy atom. The summed E-state index contributed by atoms with van der Waals surface area (Å²) in [6.45, 7) is 2.72. The summed E-state index contributed by atoms with van der Waals surface area (Å²) in [4.78, 5) is 0. The first kappa shape index (κ1) is 12.1. The van der Waals surface area contributed by atoms with Gasteiger partial charge in [-0.1, -0.05) is 35.9 Å². The van der Waals surface area contributed by atoms with Crippen molar-refractivity contribution in [3.63, 3.8) is 0 Å². The summed E-state index contributed by atoms with van der Waals surface area (Å²) in [7, 11) is 0. The van der Waals surface area contributed by atoms with Gasteiger partial charge >= 0.3 is 0 Å². The van der Waals surface area contributed by atoms with E-state index in [9.17, 15) is 0 Å². The molecule has 0 aliphatic carbocycles. The highest BCUT2D eigenvalue weighted by atomic mass is 35.5. The van der Waals surface area contributed by atoms with E-state index in [1.54, 1.807) is 6.26 Å². The summed E-state index contributed by atoms with van der Waals surface area (Å²) >= 11 is 6.20. The van der Waals surface area contributed by atoms with E-state index in [0.29, 0.717) is 6.54 Å². The maximum Gasteiger partial charge on any atom is 0.134 e. The van der Waals surface area contributed by atoms with E-state index in [2.05, 4.69) is 11.4 Å². The number of benzene rings is 2. The smallest absolute Gasteiger partial charge is 0.134 e. The van der Waals surface area contributed by atoms with Gasteiger partial charge in [-0.3, -0.25) is 0 Å². The lowest BCUT2D eigenvalue weighted by atomic mass is 10.1. The molecule has 3 heteroatoms. The molecule has 2 nitrogen and oxygen atoms in total. The molecule has 0 aliphatic heterocycles. The minimum atomic E-state index is 0.694. The molecule has 2 aromatic carbocycles. The third kappa shape index (κ3) is 2.45. The van der Waals surface area contributed by atoms with Crippen molar-refractivity contribution in [3.05, 3.63) is 64.9 Å². The van der Waals surface area contributed by atoms with Crippen LogP contribution in [0.4, 0.5) is 5.69 Å². The van der Waals surface area contributed by atoms with Crippen LogP contribution in [0.2, 0.25) is 5.02 Å². The molecule has 0 fully saturated rings. The van der Waals surface area contributed by atoms with E-state index in [4.69, 9.17) is 16.0 Å². The lowest BCUT2D eigenvalue weighted by Crippen LogP contribution is -1.99. The molecule has 1 heterocycles. The topological polar surface area (TPSA) is 25.2 Å². The first-order chi connectivity index (χ1) is 9.24. The molecule has 0 unspecified atom stereocenters. The van der Waals surface area contributed by atoms with Crippen molar-refractivity contribution in [1.82, 2.24) is 0 Å². The number of hydrogen-bond donors (Lipinski definition) is 1. The molecular formula is C16H14ClNO. The van der Waals surface area contributed by atoms with Crippen LogP contribution in [0.5, 0.6) is 0 Å². The molecule has 19 heavy (non-hydrogen) atoms. The molecule has 3 rings (SSSR count). The van der Waals surface area contributed by atoms with Gasteiger partial charge in [-0.15, -0.1) is 0 Å². The zero-order chi connectivity index (χ0) is 13.2. The average Bonchev–Trinajstić information content (AvgIpc) is 2.81. The Morgan fingerprint density at radius 3 is 2.84 bits per heavy atom. The summed E-state index contributed by atoms with van der Waals surface area (Å²) in [6.07, 6.45) is 1.79. The maximum atomic E-state index is 6.20. The summed E-state index contributed by atoms with van der Waals surface area (Å²) in [5.74, 6) is 0. The van der Waals surface area contributed by atoms with E-state index in [0.717, 1.165) is 32.8 Å². The SMILES string of the molecule is Cc1ccc(NCc2coc3ccccc23)c(Cl)c1. The third-order valence-corrected chi connectivity index (χ3v) is 3.47. The summed E-state index contributed by atoms with van der Waals surface area (Å²) in [6, 6.07) is 14.0. The second-order valence-corrected chi connectivity index (χ2v) is 5.00. The van der Waals surface area contributed by atoms with E-state index in [1.165, 1.54) is 0 Å². The summed E-state index contributed by atoms with van der Waals surface area (Å²) in [5, 5.41) is 5.22. The third-order valence-electron chi connectivity index (χ3n) is 3.16. The molecule has 1 N–H and O–H groups in total. The van der Waals surface area contributed by atoms with E-state index >= 15 is 0 Å². The molecule has 0 atom stereocenters. The van der Waals surface area contributed by atoms with Crippen molar-refractivity contribution in [1.29, 1.82) is 0 Å². The van der Waals surface area contributed by atoms with Crippen LogP contribution in [0.25, 0.3) is 11.0 Å². The normalized spacial score (nSPS) is 10.8. The van der Waals surface area contributed by atoms with Crippen molar-refractivity contribution in [2.45, 2.75) is 13.5 Å². The largest absolute Gasteiger partial charge is 0.464 e. The zero-order valence-corrected chi connectivity index (χ0v) is 11.4. The second-order valence-electron chi connectivity index (χ2n) is 4.59. The average molecular weight is 272 g/mol. The van der Waals surface area contributed by atoms with Gasteiger partial charge < -0.3 is 9.73 Å². The number of anilines is 1. The maximum absolute atomic E-state index is 6.20. The fraction of sp³-hybridized carbons (Fsp3) is 0.125. The van der Waals surface area contributed by atoms with Crippen LogP contribution in [0.15, 0.2) is 53.1 Å². The van der Waals surface area contributed by atoms with Crippen LogP contribution < -0.4 is 5.32 Å². The number of para-hydroxylation sites is 1. The molecule has 0 aliphatic rings. The molecule has 3 aromatic rings. The van der Waals surface area contributed by atoms with Gasteiger partial charge in [0.1, 0.15) is 5.58 Å². The van der Waals surface area contributed by atoms with Gasteiger partial charge in [0.05, 0.1) is 17.0 Å². The van der Waals surface area contributed by atoms with Crippen LogP contribution in [-0.2, 0) is 6.54 Å². The van der Waals surface area contributed by atoms with Crippen LogP contribution in [0.1, 0.15) is 11.1 Å². The van der Waals surface area contributed by atoms with Gasteiger partial charge in [-0.25, -0.2) is 0 Å². The number of rotatable bonds is 3. The molecule has 0 saturated carbocycles. The van der Waals surface area contributed by atoms with Gasteiger partial charge in [-0.2, -0.15) is 0 Å². The van der Waals surface area contributed by atoms with Crippen molar-refractivity contribution >= 4 is 28.3 Å². The zero-order valence-electron chi connectivity index (χ0n) is 10.6. The fourth-order valence-corrected chi connectivity index (χ4v) is 2.43. The molecule has 0 saturated heterocycles. The van der Waals surface area contributed by atoms with E-state index in [-0.39, 0.29) is 0 Å². The van der Waals surface area contributed by atoms with Crippen molar-refractivity contribution in [2.75, 3.05) is 5.32 Å². The highest BCUT2D eigenvalue weighted by molar-refractivity contribution is 6.33. The van der Waals surface area contributed by atoms with Crippen LogP contribution >= 0.6 is 11.6 Å². The van der Waals surface area contributed by atoms with Crippen LogP contribution in [-0.4, -0.2) is 0 Å². The van der Waals surface area contributed by atoms with Gasteiger partial charge in [-0.05, 0) is 30.7 Å². The Morgan fingerprint density at radius 1 is 1.16 bits per heavy atom. The highest BCUT2D eigenvalue weighted by Crippen LogP contribution is 2.25. The fourth-order valence-electron chi connectivity index (χ4n) is 2.12. The molecule has 0 bridgehead atoms. The highest BCUT2D eigenvalue weighted by Gasteiger charge is 2.06. The summed E-state index contributed by atoms with van der Waals surface area (Å²) in [5.41, 5.74) is 4.14. The predicted octanol–water partition coefficient (Wildman–Crippen LogP) is 5.01. The number of hydrogen-bond acceptors (Lipinski definition) is 2. The molecule has 1 aromatic heterocycles. The standard InChI is InChI=1S/C16H14ClNO/c1-11-6-7-15(14(17)8-11)18-9-12-10-19-16-5-3-2-4-13(12)16/h2-8,10,18H,9H2,1H3. The molecule has 0 spiro atoms. The van der Waals surface area contributed by atoms with Crippen molar-refractivity contribution < 1.29 is 4.42 Å². The van der Waals surface area contributed by atoms with Gasteiger partial charge in [0.15, 0.2) is 0 Å². The minimum absolute atomic E-state index is 0.694. The number of halogens is 1. The Bertz CT molecular complexity index is 718. The van der Waals surface area contributed by atoms with E-state index in [1.807, 2.05) is 43.3 Å². The second kappa shape index (κ2) is 4.98. The van der Waals surface area contributed by atoms with Crippen molar-refractivity contribution in [3.8, 4) is 0 Å². The Labute approximate surface area is 117 Å². The minimum Gasteiger partial charge on any atom is -0.464 e. The Balaban J connectivity index is 1.82. The first-order valence-electron chi connectivity index (χ1n) is 6.19. The number of furan rings is 1. The lowest BCUT2D eigenvalue weighted by Gasteiger charge is -2.08. The Kier molecular flexibility index (Phi) is 3.18. The van der Waals surface area contributed by atoms with Gasteiger partial charge in [0.2, 0.25) is 0 Å². The molecule has 96 valence electrons. The van der Waals surface area contributed by atoms with Crippen LogP contribution in [0.3, 0.4) is 0 Å². The number of nitrogens with one attached hydrogen (secondary N) is 1. The predicted molar refractivity (Wildman–Crippen MR) is 79.7 cm³/mol. The van der Waals surface area contributed by atoms with Crippen molar-refractivity contribution in [2.24, 2.45) is 0 Å². The number of fused-ring (bicyclic) bond motifs is 1. The Hall–Kier alpha value is -1.93. The molecule has 0 radical (unpaired) electrons. The number of aryl methyl sites for hydroxylation is 1.